The Morgan fingerprint density at radius 2 is 2.06 bits per heavy atom. The molecule has 5 heteroatoms. The predicted octanol–water partition coefficient (Wildman–Crippen LogP) is 1.64. The number of carbonyl (C=O) groups is 1. The van der Waals surface area contributed by atoms with Crippen LogP contribution in [0.25, 0.3) is 0 Å². The molecule has 2 aromatic rings. The normalized spacial score (nSPS) is 10.1. The van der Waals surface area contributed by atoms with Gasteiger partial charge in [0, 0.05) is 11.8 Å². The van der Waals surface area contributed by atoms with Crippen LogP contribution in [0.15, 0.2) is 41.2 Å². The van der Waals surface area contributed by atoms with Crippen molar-refractivity contribution < 1.29 is 9.90 Å². The van der Waals surface area contributed by atoms with E-state index in [0.717, 1.165) is 5.56 Å². The van der Waals surface area contributed by atoms with E-state index in [1.165, 1.54) is 24.3 Å². The molecule has 1 amide bonds. The first-order valence-electron chi connectivity index (χ1n) is 5.36. The van der Waals surface area contributed by atoms with Gasteiger partial charge in [0.2, 0.25) is 5.56 Å². The molecule has 1 aromatic heterocycles. The SMILES string of the molecule is Cc1cc(O)ccc1NC(=O)c1cccc(=O)[nH]1. The number of aromatic amines is 1. The molecule has 0 fully saturated rings. The van der Waals surface area contributed by atoms with Gasteiger partial charge in [-0.25, -0.2) is 0 Å². The molecule has 0 spiro atoms. The molecule has 1 aromatic carbocycles. The van der Waals surface area contributed by atoms with E-state index in [4.69, 9.17) is 0 Å². The summed E-state index contributed by atoms with van der Waals surface area (Å²) in [4.78, 5) is 25.4. The molecule has 0 aliphatic rings. The highest BCUT2D eigenvalue weighted by atomic mass is 16.3. The second-order valence-corrected chi connectivity index (χ2v) is 3.88. The number of pyridine rings is 1. The highest BCUT2D eigenvalue weighted by Crippen LogP contribution is 2.20. The van der Waals surface area contributed by atoms with Gasteiger partial charge in [-0.1, -0.05) is 6.07 Å². The van der Waals surface area contributed by atoms with Gasteiger partial charge >= 0.3 is 0 Å². The Morgan fingerprint density at radius 3 is 2.72 bits per heavy atom. The number of aromatic nitrogens is 1. The molecule has 2 rings (SSSR count). The lowest BCUT2D eigenvalue weighted by Crippen LogP contribution is -2.18. The molecule has 0 atom stereocenters. The summed E-state index contributed by atoms with van der Waals surface area (Å²) in [7, 11) is 0. The van der Waals surface area contributed by atoms with Crippen LogP contribution < -0.4 is 10.9 Å². The molecule has 0 aliphatic heterocycles. The van der Waals surface area contributed by atoms with E-state index in [0.29, 0.717) is 5.69 Å². The molecule has 3 N–H and O–H groups in total. The van der Waals surface area contributed by atoms with Gasteiger partial charge in [0.05, 0.1) is 0 Å². The van der Waals surface area contributed by atoms with E-state index in [9.17, 15) is 14.7 Å². The second-order valence-electron chi connectivity index (χ2n) is 3.88. The Hall–Kier alpha value is -2.56. The molecule has 0 saturated carbocycles. The number of hydrogen-bond acceptors (Lipinski definition) is 3. The third-order valence-electron chi connectivity index (χ3n) is 2.47. The number of phenols is 1. The molecule has 0 unspecified atom stereocenters. The van der Waals surface area contributed by atoms with Gasteiger partial charge in [0.1, 0.15) is 11.4 Å². The number of anilines is 1. The summed E-state index contributed by atoms with van der Waals surface area (Å²) in [6.07, 6.45) is 0. The second kappa shape index (κ2) is 4.75. The van der Waals surface area contributed by atoms with Crippen molar-refractivity contribution in [1.29, 1.82) is 0 Å². The van der Waals surface area contributed by atoms with Crippen molar-refractivity contribution in [3.8, 4) is 5.75 Å². The zero-order valence-corrected chi connectivity index (χ0v) is 9.73. The monoisotopic (exact) mass is 244 g/mol. The van der Waals surface area contributed by atoms with Gasteiger partial charge in [0.15, 0.2) is 0 Å². The van der Waals surface area contributed by atoms with E-state index < -0.39 is 5.91 Å². The van der Waals surface area contributed by atoms with Crippen molar-refractivity contribution in [2.24, 2.45) is 0 Å². The number of aryl methyl sites for hydroxylation is 1. The van der Waals surface area contributed by atoms with E-state index >= 15 is 0 Å². The highest BCUT2D eigenvalue weighted by molar-refractivity contribution is 6.03. The van der Waals surface area contributed by atoms with Gasteiger partial charge in [0.25, 0.3) is 5.91 Å². The van der Waals surface area contributed by atoms with Gasteiger partial charge in [-0.15, -0.1) is 0 Å². The quantitative estimate of drug-likeness (QED) is 0.702. The van der Waals surface area contributed by atoms with Crippen molar-refractivity contribution >= 4 is 11.6 Å². The van der Waals surface area contributed by atoms with Crippen LogP contribution in [-0.2, 0) is 0 Å². The smallest absolute Gasteiger partial charge is 0.272 e. The van der Waals surface area contributed by atoms with Crippen molar-refractivity contribution in [3.63, 3.8) is 0 Å². The van der Waals surface area contributed by atoms with Crippen LogP contribution in [0.4, 0.5) is 5.69 Å². The fourth-order valence-corrected chi connectivity index (χ4v) is 1.56. The zero-order chi connectivity index (χ0) is 13.1. The third kappa shape index (κ3) is 2.57. The number of H-pyrrole nitrogens is 1. The maximum absolute atomic E-state index is 11.9. The fraction of sp³-hybridized carbons (Fsp3) is 0.0769. The van der Waals surface area contributed by atoms with Crippen molar-refractivity contribution in [2.75, 3.05) is 5.32 Å². The predicted molar refractivity (Wildman–Crippen MR) is 67.9 cm³/mol. The minimum absolute atomic E-state index is 0.138. The molecule has 18 heavy (non-hydrogen) atoms. The van der Waals surface area contributed by atoms with Crippen molar-refractivity contribution in [3.05, 3.63) is 58.0 Å². The number of rotatable bonds is 2. The lowest BCUT2D eigenvalue weighted by molar-refractivity contribution is 0.102. The fourth-order valence-electron chi connectivity index (χ4n) is 1.56. The number of hydrogen-bond donors (Lipinski definition) is 3. The van der Waals surface area contributed by atoms with Crippen molar-refractivity contribution in [1.82, 2.24) is 4.98 Å². The standard InChI is InChI=1S/C13H12N2O3/c1-8-7-9(16)5-6-10(8)15-13(18)11-3-2-4-12(17)14-11/h2-7,16H,1H3,(H,14,17)(H,15,18). The van der Waals surface area contributed by atoms with Gasteiger partial charge in [-0.05, 0) is 36.8 Å². The number of phenolic OH excluding ortho intramolecular Hbond substituents is 1. The summed E-state index contributed by atoms with van der Waals surface area (Å²) in [6, 6.07) is 9.00. The molecule has 0 radical (unpaired) electrons. The molecule has 0 bridgehead atoms. The molecule has 5 nitrogen and oxygen atoms in total. The number of carbonyl (C=O) groups excluding carboxylic acids is 1. The molecule has 1 heterocycles. The molecule has 92 valence electrons. The first kappa shape index (κ1) is 11.9. The summed E-state index contributed by atoms with van der Waals surface area (Å²) in [5.74, 6) is -0.264. The Balaban J connectivity index is 2.24. The first-order chi connectivity index (χ1) is 8.56. The van der Waals surface area contributed by atoms with Crippen LogP contribution in [-0.4, -0.2) is 16.0 Å². The molecular weight excluding hydrogens is 232 g/mol. The van der Waals surface area contributed by atoms with Gasteiger partial charge in [-0.2, -0.15) is 0 Å². The van der Waals surface area contributed by atoms with Crippen LogP contribution in [0.1, 0.15) is 16.1 Å². The molecule has 0 aliphatic carbocycles. The van der Waals surface area contributed by atoms with Crippen LogP contribution in [0.2, 0.25) is 0 Å². The minimum Gasteiger partial charge on any atom is -0.508 e. The maximum Gasteiger partial charge on any atom is 0.272 e. The van der Waals surface area contributed by atoms with Crippen LogP contribution in [0, 0.1) is 6.92 Å². The van der Waals surface area contributed by atoms with E-state index in [1.54, 1.807) is 19.1 Å². The Morgan fingerprint density at radius 1 is 1.28 bits per heavy atom. The van der Waals surface area contributed by atoms with Crippen LogP contribution in [0.3, 0.4) is 0 Å². The molecular formula is C13H12N2O3. The van der Waals surface area contributed by atoms with E-state index in [-0.39, 0.29) is 17.0 Å². The van der Waals surface area contributed by atoms with E-state index in [1.807, 2.05) is 0 Å². The summed E-state index contributed by atoms with van der Waals surface area (Å²) in [5.41, 5.74) is 1.18. The summed E-state index contributed by atoms with van der Waals surface area (Å²) >= 11 is 0. The highest BCUT2D eigenvalue weighted by Gasteiger charge is 2.08. The van der Waals surface area contributed by atoms with Crippen molar-refractivity contribution in [2.45, 2.75) is 6.92 Å². The lowest BCUT2D eigenvalue weighted by atomic mass is 10.2. The van der Waals surface area contributed by atoms with Crippen LogP contribution in [0.5, 0.6) is 5.75 Å². The largest absolute Gasteiger partial charge is 0.508 e. The number of aromatic hydroxyl groups is 1. The van der Waals surface area contributed by atoms with E-state index in [2.05, 4.69) is 10.3 Å². The topological polar surface area (TPSA) is 82.2 Å². The Kier molecular flexibility index (Phi) is 3.14. The average molecular weight is 244 g/mol. The maximum atomic E-state index is 11.9. The number of benzene rings is 1. The Bertz CT molecular complexity index is 647. The summed E-state index contributed by atoms with van der Waals surface area (Å²) < 4.78 is 0. The average Bonchev–Trinajstić information content (AvgIpc) is 2.32. The zero-order valence-electron chi connectivity index (χ0n) is 9.73. The minimum atomic E-state index is -0.401. The third-order valence-corrected chi connectivity index (χ3v) is 2.47. The Labute approximate surface area is 103 Å². The molecule has 0 saturated heterocycles. The number of amides is 1. The summed E-state index contributed by atoms with van der Waals surface area (Å²) in [5, 5.41) is 11.9. The van der Waals surface area contributed by atoms with Gasteiger partial charge in [-0.3, -0.25) is 9.59 Å². The summed E-state index contributed by atoms with van der Waals surface area (Å²) in [6.45, 7) is 1.77. The lowest BCUT2D eigenvalue weighted by Gasteiger charge is -2.08. The number of nitrogens with one attached hydrogen (secondary N) is 2. The van der Waals surface area contributed by atoms with Gasteiger partial charge < -0.3 is 15.4 Å². The first-order valence-corrected chi connectivity index (χ1v) is 5.36. The van der Waals surface area contributed by atoms with Crippen LogP contribution >= 0.6 is 0 Å².